The average Bonchev–Trinajstić information content (AvgIpc) is 2.18. The molecule has 16 heavy (non-hydrogen) atoms. The molecule has 0 spiro atoms. The number of carbonyl (C=O) groups excluding carboxylic acids is 1. The molecule has 0 saturated heterocycles. The van der Waals surface area contributed by atoms with Crippen molar-refractivity contribution in [3.63, 3.8) is 0 Å². The molecule has 0 atom stereocenters. The molecule has 0 aliphatic carbocycles. The van der Waals surface area contributed by atoms with Gasteiger partial charge in [-0.05, 0) is 32.1 Å². The molecule has 0 aliphatic heterocycles. The number of methoxy groups -OCH3 is 1. The van der Waals surface area contributed by atoms with E-state index in [2.05, 4.69) is 24.4 Å². The molecule has 0 aliphatic rings. The molecule has 94 valence electrons. The topological polar surface area (TPSA) is 44.8 Å². The van der Waals surface area contributed by atoms with Crippen molar-refractivity contribution in [2.24, 2.45) is 0 Å². The molecule has 0 fully saturated rings. The van der Waals surface area contributed by atoms with Crippen molar-refractivity contribution < 1.29 is 18.4 Å². The van der Waals surface area contributed by atoms with Gasteiger partial charge in [0.1, 0.15) is 9.76 Å². The molecule has 0 unspecified atom stereocenters. The molecule has 0 rings (SSSR count). The van der Waals surface area contributed by atoms with Crippen molar-refractivity contribution in [3.8, 4) is 0 Å². The van der Waals surface area contributed by atoms with Crippen LogP contribution in [-0.4, -0.2) is 37.8 Å². The summed E-state index contributed by atoms with van der Waals surface area (Å²) in [5.41, 5.74) is 0. The summed E-state index contributed by atoms with van der Waals surface area (Å²) in [4.78, 5) is 11.0. The van der Waals surface area contributed by atoms with Crippen molar-refractivity contribution in [1.82, 2.24) is 0 Å². The largest absolute Gasteiger partial charge is 0.504 e. The summed E-state index contributed by atoms with van der Waals surface area (Å²) in [7, 11) is -0.267. The van der Waals surface area contributed by atoms with Crippen LogP contribution in [0.5, 0.6) is 0 Å². The maximum Gasteiger partial charge on any atom is 0.333 e. The Labute approximate surface area is 101 Å². The van der Waals surface area contributed by atoms with Crippen molar-refractivity contribution in [2.75, 3.05) is 13.7 Å². The van der Waals surface area contributed by atoms with E-state index in [1.807, 2.05) is 0 Å². The minimum atomic E-state index is -1.33. The Bertz CT molecular complexity index is 223. The van der Waals surface area contributed by atoms with Crippen molar-refractivity contribution in [1.29, 1.82) is 0 Å². The van der Waals surface area contributed by atoms with E-state index in [0.29, 0.717) is 6.61 Å². The lowest BCUT2D eigenvalue weighted by Gasteiger charge is -2.17. The molecular formula is C10H22O4Si2. The molecule has 4 nitrogen and oxygen atoms in total. The normalized spacial score (nSPS) is 12.5. The number of hydrogen-bond acceptors (Lipinski definition) is 4. The summed E-state index contributed by atoms with van der Waals surface area (Å²) in [6.45, 7) is 7.04. The van der Waals surface area contributed by atoms with Crippen LogP contribution in [0.1, 0.15) is 6.42 Å². The lowest BCUT2D eigenvalue weighted by atomic mass is 10.5. The monoisotopic (exact) mass is 262 g/mol. The van der Waals surface area contributed by atoms with Crippen molar-refractivity contribution >= 4 is 24.0 Å². The molecule has 0 aromatic rings. The zero-order chi connectivity index (χ0) is 12.4. The standard InChI is InChI=1S/C10H22O4Si2/c1-12-8-6-10(11)13-7-5-9-15-14-16(2,3)4/h6,8H,5,7,9,15H2,1-4H3. The van der Waals surface area contributed by atoms with Crippen LogP contribution < -0.4 is 0 Å². The minimum Gasteiger partial charge on any atom is -0.504 e. The van der Waals surface area contributed by atoms with Gasteiger partial charge >= 0.3 is 5.97 Å². The molecule has 0 heterocycles. The highest BCUT2D eigenvalue weighted by Gasteiger charge is 2.12. The number of ether oxygens (including phenoxy) is 2. The highest BCUT2D eigenvalue weighted by Crippen LogP contribution is 2.03. The summed E-state index contributed by atoms with van der Waals surface area (Å²) in [6, 6.07) is 1.06. The molecule has 0 saturated carbocycles. The fourth-order valence-electron chi connectivity index (χ4n) is 0.927. The Kier molecular flexibility index (Phi) is 8.23. The summed E-state index contributed by atoms with van der Waals surface area (Å²) in [5, 5.41) is 0. The first-order valence-corrected chi connectivity index (χ1v) is 10.4. The highest BCUT2D eigenvalue weighted by atomic mass is 28.4. The number of esters is 1. The van der Waals surface area contributed by atoms with E-state index in [0.717, 1.165) is 12.5 Å². The summed E-state index contributed by atoms with van der Waals surface area (Å²) >= 11 is 0. The predicted octanol–water partition coefficient (Wildman–Crippen LogP) is 1.43. The second-order valence-corrected chi connectivity index (χ2v) is 10.9. The zero-order valence-electron chi connectivity index (χ0n) is 10.6. The van der Waals surface area contributed by atoms with Crippen LogP contribution in [0.25, 0.3) is 0 Å². The first-order valence-electron chi connectivity index (χ1n) is 5.46. The molecule has 0 radical (unpaired) electrons. The third-order valence-corrected chi connectivity index (χ3v) is 6.73. The fourth-order valence-corrected chi connectivity index (χ4v) is 4.36. The number of hydrogen-bond donors (Lipinski definition) is 0. The smallest absolute Gasteiger partial charge is 0.333 e. The minimum absolute atomic E-state index is 0.352. The van der Waals surface area contributed by atoms with E-state index in [1.165, 1.54) is 19.4 Å². The van der Waals surface area contributed by atoms with Crippen molar-refractivity contribution in [2.45, 2.75) is 32.1 Å². The third-order valence-electron chi connectivity index (χ3n) is 1.66. The first kappa shape index (κ1) is 15.4. The van der Waals surface area contributed by atoms with Crippen LogP contribution in [0.15, 0.2) is 12.3 Å². The Morgan fingerprint density at radius 1 is 1.38 bits per heavy atom. The lowest BCUT2D eigenvalue weighted by molar-refractivity contribution is -0.137. The van der Waals surface area contributed by atoms with Gasteiger partial charge in [-0.15, -0.1) is 0 Å². The Morgan fingerprint density at radius 2 is 2.06 bits per heavy atom. The van der Waals surface area contributed by atoms with Crippen LogP contribution >= 0.6 is 0 Å². The van der Waals surface area contributed by atoms with Gasteiger partial charge < -0.3 is 13.6 Å². The molecular weight excluding hydrogens is 240 g/mol. The van der Waals surface area contributed by atoms with E-state index in [1.54, 1.807) is 0 Å². The first-order chi connectivity index (χ1) is 7.45. The van der Waals surface area contributed by atoms with Crippen LogP contribution in [0.3, 0.4) is 0 Å². The van der Waals surface area contributed by atoms with Crippen LogP contribution in [0.4, 0.5) is 0 Å². The maximum absolute atomic E-state index is 11.0. The predicted molar refractivity (Wildman–Crippen MR) is 69.5 cm³/mol. The molecule has 6 heteroatoms. The SMILES string of the molecule is COC=CC(=O)OCCC[SiH2]O[Si](C)(C)C. The third kappa shape index (κ3) is 11.5. The van der Waals surface area contributed by atoms with Crippen molar-refractivity contribution in [3.05, 3.63) is 12.3 Å². The molecule has 0 bridgehead atoms. The van der Waals surface area contributed by atoms with Gasteiger partial charge in [-0.2, -0.15) is 0 Å². The zero-order valence-corrected chi connectivity index (χ0v) is 13.0. The number of rotatable bonds is 8. The van der Waals surface area contributed by atoms with Gasteiger partial charge in [0.15, 0.2) is 8.32 Å². The van der Waals surface area contributed by atoms with E-state index >= 15 is 0 Å². The average molecular weight is 262 g/mol. The lowest BCUT2D eigenvalue weighted by Crippen LogP contribution is -2.27. The van der Waals surface area contributed by atoms with Gasteiger partial charge in [0, 0.05) is 0 Å². The second-order valence-electron chi connectivity index (χ2n) is 4.37. The summed E-state index contributed by atoms with van der Waals surface area (Å²) in [5.74, 6) is -0.352. The highest BCUT2D eigenvalue weighted by molar-refractivity contribution is 6.73. The Hall–Kier alpha value is -0.596. The molecule has 0 aromatic carbocycles. The Morgan fingerprint density at radius 3 is 2.62 bits per heavy atom. The van der Waals surface area contributed by atoms with E-state index in [4.69, 9.17) is 8.85 Å². The quantitative estimate of drug-likeness (QED) is 0.218. The van der Waals surface area contributed by atoms with E-state index < -0.39 is 18.1 Å². The van der Waals surface area contributed by atoms with Gasteiger partial charge in [0.05, 0.1) is 26.1 Å². The molecule has 0 N–H and O–H groups in total. The number of carbonyl (C=O) groups is 1. The maximum atomic E-state index is 11.0. The van der Waals surface area contributed by atoms with Gasteiger partial charge in [-0.25, -0.2) is 4.79 Å². The van der Waals surface area contributed by atoms with E-state index in [9.17, 15) is 4.79 Å². The molecule has 0 amide bonds. The molecule has 0 aromatic heterocycles. The van der Waals surface area contributed by atoms with Crippen LogP contribution in [0.2, 0.25) is 25.7 Å². The fraction of sp³-hybridized carbons (Fsp3) is 0.700. The van der Waals surface area contributed by atoms with Crippen LogP contribution in [0, 0.1) is 0 Å². The summed E-state index contributed by atoms with van der Waals surface area (Å²) in [6.07, 6.45) is 3.48. The van der Waals surface area contributed by atoms with Crippen LogP contribution in [-0.2, 0) is 18.4 Å². The summed E-state index contributed by atoms with van der Waals surface area (Å²) < 4.78 is 15.4. The Balaban J connectivity index is 3.34. The second kappa shape index (κ2) is 8.54. The van der Waals surface area contributed by atoms with Gasteiger partial charge in [0.25, 0.3) is 0 Å². The van der Waals surface area contributed by atoms with Gasteiger partial charge in [-0.1, -0.05) is 0 Å². The van der Waals surface area contributed by atoms with Gasteiger partial charge in [0.2, 0.25) is 0 Å². The van der Waals surface area contributed by atoms with Gasteiger partial charge in [-0.3, -0.25) is 0 Å². The van der Waals surface area contributed by atoms with E-state index in [-0.39, 0.29) is 5.97 Å².